The number of methoxy groups -OCH3 is 1. The number of hydrogen-bond donors (Lipinski definition) is 2. The lowest BCUT2D eigenvalue weighted by atomic mass is 9.86. The number of amides is 2. The van der Waals surface area contributed by atoms with Gasteiger partial charge in [0.05, 0.1) is 36.9 Å². The van der Waals surface area contributed by atoms with Gasteiger partial charge in [0.15, 0.2) is 0 Å². The third-order valence-corrected chi connectivity index (χ3v) is 4.90. The Morgan fingerprint density at radius 1 is 1.14 bits per heavy atom. The largest absolute Gasteiger partial charge is 0.497 e. The van der Waals surface area contributed by atoms with Crippen LogP contribution < -0.4 is 15.4 Å². The molecule has 1 fully saturated rings. The van der Waals surface area contributed by atoms with E-state index in [0.29, 0.717) is 11.3 Å². The van der Waals surface area contributed by atoms with E-state index < -0.39 is 18.0 Å². The summed E-state index contributed by atoms with van der Waals surface area (Å²) in [6.45, 7) is 1.69. The summed E-state index contributed by atoms with van der Waals surface area (Å²) in [5, 5.41) is 5.32. The first-order valence-electron chi connectivity index (χ1n) is 9.31. The van der Waals surface area contributed by atoms with Crippen molar-refractivity contribution in [2.75, 3.05) is 20.3 Å². The minimum atomic E-state index is -0.726. The van der Waals surface area contributed by atoms with Crippen molar-refractivity contribution in [1.82, 2.24) is 10.6 Å². The first-order valence-corrected chi connectivity index (χ1v) is 9.31. The number of carbonyl (C=O) groups is 3. The minimum absolute atomic E-state index is 0.0959. The first kappa shape index (κ1) is 19.7. The van der Waals surface area contributed by atoms with Crippen LogP contribution in [0, 0.1) is 5.92 Å². The number of hydrogen-bond acceptors (Lipinski definition) is 6. The summed E-state index contributed by atoms with van der Waals surface area (Å²) in [6.07, 6.45) is 2.63. The van der Waals surface area contributed by atoms with Crippen molar-refractivity contribution in [3.8, 4) is 5.75 Å². The lowest BCUT2D eigenvalue weighted by molar-refractivity contribution is -0.150. The van der Waals surface area contributed by atoms with E-state index >= 15 is 0 Å². The van der Waals surface area contributed by atoms with Gasteiger partial charge in [-0.05, 0) is 37.5 Å². The maximum Gasteiger partial charge on any atom is 0.338 e. The van der Waals surface area contributed by atoms with Gasteiger partial charge in [0.1, 0.15) is 12.4 Å². The van der Waals surface area contributed by atoms with E-state index in [2.05, 4.69) is 10.6 Å². The van der Waals surface area contributed by atoms with Crippen LogP contribution >= 0.6 is 0 Å². The molecule has 0 bridgehead atoms. The van der Waals surface area contributed by atoms with Gasteiger partial charge < -0.3 is 24.8 Å². The Hall–Kier alpha value is -3.03. The van der Waals surface area contributed by atoms with Crippen molar-refractivity contribution in [3.63, 3.8) is 0 Å². The number of rotatable bonds is 7. The second kappa shape index (κ2) is 8.77. The van der Waals surface area contributed by atoms with Gasteiger partial charge in [-0.3, -0.25) is 4.79 Å². The molecule has 0 radical (unpaired) electrons. The predicted octanol–water partition coefficient (Wildman–Crippen LogP) is 2.21. The van der Waals surface area contributed by atoms with Gasteiger partial charge >= 0.3 is 18.0 Å². The van der Waals surface area contributed by atoms with Gasteiger partial charge in [-0.25, -0.2) is 9.59 Å². The molecule has 1 saturated carbocycles. The third kappa shape index (κ3) is 4.27. The molecule has 150 valence electrons. The molecule has 0 saturated heterocycles. The Kier molecular flexibility index (Phi) is 6.18. The lowest BCUT2D eigenvalue weighted by Gasteiger charge is -2.30. The topological polar surface area (TPSA) is 103 Å². The summed E-state index contributed by atoms with van der Waals surface area (Å²) in [5.74, 6) is -0.331. The fraction of sp³-hybridized carbons (Fsp3) is 0.450. The summed E-state index contributed by atoms with van der Waals surface area (Å²) >= 11 is 0. The van der Waals surface area contributed by atoms with Crippen molar-refractivity contribution in [2.24, 2.45) is 5.92 Å². The Balaban J connectivity index is 1.89. The molecule has 2 N–H and O–H groups in total. The maximum absolute atomic E-state index is 12.6. The zero-order valence-electron chi connectivity index (χ0n) is 15.9. The van der Waals surface area contributed by atoms with E-state index in [1.807, 2.05) is 0 Å². The molecular weight excluding hydrogens is 364 g/mol. The molecule has 8 heteroatoms. The van der Waals surface area contributed by atoms with Gasteiger partial charge in [-0.2, -0.15) is 0 Å². The summed E-state index contributed by atoms with van der Waals surface area (Å²) in [6, 6.07) is 5.78. The smallest absolute Gasteiger partial charge is 0.338 e. The van der Waals surface area contributed by atoms with Gasteiger partial charge in [0.25, 0.3) is 0 Å². The molecule has 1 unspecified atom stereocenters. The van der Waals surface area contributed by atoms with Gasteiger partial charge in [-0.1, -0.05) is 18.6 Å². The quantitative estimate of drug-likeness (QED) is 0.694. The van der Waals surface area contributed by atoms with Gasteiger partial charge in [0, 0.05) is 0 Å². The van der Waals surface area contributed by atoms with Crippen LogP contribution in [0.15, 0.2) is 35.5 Å². The molecule has 0 spiro atoms. The fourth-order valence-corrected chi connectivity index (χ4v) is 3.13. The molecule has 1 aromatic rings. The van der Waals surface area contributed by atoms with Crippen LogP contribution in [-0.2, 0) is 19.1 Å². The molecular formula is C20H24N2O6. The zero-order chi connectivity index (χ0) is 20.1. The van der Waals surface area contributed by atoms with Crippen molar-refractivity contribution < 1.29 is 28.6 Å². The summed E-state index contributed by atoms with van der Waals surface area (Å²) in [7, 11) is 1.56. The maximum atomic E-state index is 12.6. The van der Waals surface area contributed by atoms with Crippen LogP contribution in [-0.4, -0.2) is 38.3 Å². The van der Waals surface area contributed by atoms with Crippen molar-refractivity contribution in [3.05, 3.63) is 41.1 Å². The van der Waals surface area contributed by atoms with E-state index in [1.165, 1.54) is 0 Å². The number of esters is 2. The Labute approximate surface area is 163 Å². The second-order valence-electron chi connectivity index (χ2n) is 6.65. The monoisotopic (exact) mass is 388 g/mol. The summed E-state index contributed by atoms with van der Waals surface area (Å²) in [4.78, 5) is 36.9. The van der Waals surface area contributed by atoms with E-state index in [9.17, 15) is 14.4 Å². The minimum Gasteiger partial charge on any atom is -0.497 e. The second-order valence-corrected chi connectivity index (χ2v) is 6.65. The predicted molar refractivity (Wildman–Crippen MR) is 99.4 cm³/mol. The fourth-order valence-electron chi connectivity index (χ4n) is 3.13. The molecule has 2 amide bonds. The molecule has 1 heterocycles. The molecule has 0 aromatic heterocycles. The third-order valence-electron chi connectivity index (χ3n) is 4.90. The lowest BCUT2D eigenvalue weighted by Crippen LogP contribution is -2.47. The highest BCUT2D eigenvalue weighted by Crippen LogP contribution is 2.30. The van der Waals surface area contributed by atoms with Crippen LogP contribution in [0.4, 0.5) is 4.79 Å². The molecule has 1 aliphatic heterocycles. The SMILES string of the molecule is CCOC(=O)C1=C(COC(=O)C2CCC2)NC(=O)NC1c1ccc(OC)cc1. The molecule has 3 rings (SSSR count). The Bertz CT molecular complexity index is 782. The molecule has 1 aliphatic carbocycles. The number of ether oxygens (including phenoxy) is 3. The zero-order valence-corrected chi connectivity index (χ0v) is 15.9. The van der Waals surface area contributed by atoms with E-state index in [1.54, 1.807) is 38.3 Å². The number of benzene rings is 1. The van der Waals surface area contributed by atoms with E-state index in [0.717, 1.165) is 19.3 Å². The van der Waals surface area contributed by atoms with Crippen LogP contribution in [0.25, 0.3) is 0 Å². The van der Waals surface area contributed by atoms with Crippen LogP contribution in [0.5, 0.6) is 5.75 Å². The summed E-state index contributed by atoms with van der Waals surface area (Å²) < 4.78 is 15.7. The van der Waals surface area contributed by atoms with Crippen molar-refractivity contribution in [2.45, 2.75) is 32.2 Å². The van der Waals surface area contributed by atoms with Gasteiger partial charge in [-0.15, -0.1) is 0 Å². The molecule has 28 heavy (non-hydrogen) atoms. The number of carbonyl (C=O) groups excluding carboxylic acids is 3. The van der Waals surface area contributed by atoms with Crippen molar-refractivity contribution in [1.29, 1.82) is 0 Å². The highest BCUT2D eigenvalue weighted by molar-refractivity contribution is 5.95. The highest BCUT2D eigenvalue weighted by atomic mass is 16.5. The Morgan fingerprint density at radius 2 is 1.86 bits per heavy atom. The standard InChI is InChI=1S/C20H24N2O6/c1-3-27-19(24)16-15(11-28-18(23)13-5-4-6-13)21-20(25)22-17(16)12-7-9-14(26-2)10-8-12/h7-10,13,17H,3-6,11H2,1-2H3,(H2,21,22,25). The number of nitrogens with one attached hydrogen (secondary N) is 2. The van der Waals surface area contributed by atoms with Crippen LogP contribution in [0.3, 0.4) is 0 Å². The highest BCUT2D eigenvalue weighted by Gasteiger charge is 2.35. The average molecular weight is 388 g/mol. The normalized spacial score (nSPS) is 19.2. The van der Waals surface area contributed by atoms with Crippen molar-refractivity contribution >= 4 is 18.0 Å². The van der Waals surface area contributed by atoms with E-state index in [4.69, 9.17) is 14.2 Å². The average Bonchev–Trinajstić information content (AvgIpc) is 2.64. The number of urea groups is 1. The van der Waals surface area contributed by atoms with E-state index in [-0.39, 0.29) is 36.4 Å². The summed E-state index contributed by atoms with van der Waals surface area (Å²) in [5.41, 5.74) is 1.13. The molecule has 8 nitrogen and oxygen atoms in total. The van der Waals surface area contributed by atoms with Crippen LogP contribution in [0.1, 0.15) is 37.8 Å². The molecule has 1 aromatic carbocycles. The van der Waals surface area contributed by atoms with Crippen LogP contribution in [0.2, 0.25) is 0 Å². The first-order chi connectivity index (χ1) is 13.5. The molecule has 1 atom stereocenters. The molecule has 2 aliphatic rings. The Morgan fingerprint density at radius 3 is 2.43 bits per heavy atom. The van der Waals surface area contributed by atoms with Gasteiger partial charge in [0.2, 0.25) is 0 Å².